The van der Waals surface area contributed by atoms with Gasteiger partial charge in [0.25, 0.3) is 0 Å². The number of imidazole rings is 1. The third-order valence-electron chi connectivity index (χ3n) is 3.78. The van der Waals surface area contributed by atoms with Crippen molar-refractivity contribution in [3.63, 3.8) is 0 Å². The first-order chi connectivity index (χ1) is 9.68. The lowest BCUT2D eigenvalue weighted by Crippen LogP contribution is -2.25. The fraction of sp³-hybridized carbons (Fsp3) is 0.0667. The summed E-state index contributed by atoms with van der Waals surface area (Å²) in [6, 6.07) is 12.4. The molecule has 5 heteroatoms. The van der Waals surface area contributed by atoms with Gasteiger partial charge in [0.1, 0.15) is 5.92 Å². The Hall–Kier alpha value is -2.82. The summed E-state index contributed by atoms with van der Waals surface area (Å²) in [7, 11) is 0. The number of para-hydroxylation sites is 2. The Morgan fingerprint density at radius 3 is 2.65 bits per heavy atom. The summed E-state index contributed by atoms with van der Waals surface area (Å²) < 4.78 is 1.55. The Kier molecular flexibility index (Phi) is 1.99. The average Bonchev–Trinajstić information content (AvgIpc) is 2.77. The van der Waals surface area contributed by atoms with Crippen LogP contribution < -0.4 is 5.69 Å². The molecule has 4 rings (SSSR count). The van der Waals surface area contributed by atoms with Crippen molar-refractivity contribution in [1.29, 1.82) is 0 Å². The number of hydrogen-bond acceptors (Lipinski definition) is 2. The van der Waals surface area contributed by atoms with Crippen molar-refractivity contribution in [2.75, 3.05) is 0 Å². The molecular weight excluding hydrogens is 256 g/mol. The van der Waals surface area contributed by atoms with E-state index in [9.17, 15) is 14.7 Å². The summed E-state index contributed by atoms with van der Waals surface area (Å²) in [5.74, 6) is -1.66. The molecule has 0 aliphatic carbocycles. The van der Waals surface area contributed by atoms with Crippen LogP contribution in [0.1, 0.15) is 17.0 Å². The molecule has 1 aliphatic heterocycles. The molecule has 1 aliphatic rings. The maximum Gasteiger partial charge on any atom is 0.331 e. The van der Waals surface area contributed by atoms with Gasteiger partial charge < -0.3 is 10.1 Å². The van der Waals surface area contributed by atoms with E-state index in [-0.39, 0.29) is 5.69 Å². The Labute approximate surface area is 113 Å². The van der Waals surface area contributed by atoms with Crippen LogP contribution in [-0.2, 0) is 4.79 Å². The van der Waals surface area contributed by atoms with E-state index >= 15 is 0 Å². The number of aliphatic carboxylic acids is 1. The second-order valence-corrected chi connectivity index (χ2v) is 4.84. The highest BCUT2D eigenvalue weighted by atomic mass is 16.4. The zero-order valence-electron chi connectivity index (χ0n) is 10.3. The van der Waals surface area contributed by atoms with E-state index in [0.717, 1.165) is 0 Å². The van der Waals surface area contributed by atoms with E-state index in [1.807, 2.05) is 0 Å². The quantitative estimate of drug-likeness (QED) is 0.705. The number of carboxylic acids is 1. The van der Waals surface area contributed by atoms with E-state index in [2.05, 4.69) is 4.98 Å². The molecule has 2 aromatic carbocycles. The molecule has 20 heavy (non-hydrogen) atoms. The molecule has 5 nitrogen and oxygen atoms in total. The van der Waals surface area contributed by atoms with Gasteiger partial charge in [-0.2, -0.15) is 0 Å². The lowest BCUT2D eigenvalue weighted by atomic mass is 9.87. The summed E-state index contributed by atoms with van der Waals surface area (Å²) in [6.45, 7) is 0. The largest absolute Gasteiger partial charge is 0.481 e. The third kappa shape index (κ3) is 1.21. The minimum Gasteiger partial charge on any atom is -0.481 e. The minimum absolute atomic E-state index is 0.247. The zero-order chi connectivity index (χ0) is 13.9. The zero-order valence-corrected chi connectivity index (χ0v) is 10.3. The molecule has 2 N–H and O–H groups in total. The van der Waals surface area contributed by atoms with Crippen molar-refractivity contribution in [3.8, 4) is 5.69 Å². The predicted molar refractivity (Wildman–Crippen MR) is 73.4 cm³/mol. The molecule has 0 bridgehead atoms. The number of nitrogens with one attached hydrogen (secondary N) is 1. The van der Waals surface area contributed by atoms with Gasteiger partial charge >= 0.3 is 11.7 Å². The van der Waals surface area contributed by atoms with Crippen molar-refractivity contribution in [3.05, 3.63) is 64.1 Å². The molecule has 1 aromatic heterocycles. The van der Waals surface area contributed by atoms with Crippen LogP contribution in [0.5, 0.6) is 0 Å². The van der Waals surface area contributed by atoms with E-state index in [1.54, 1.807) is 47.0 Å². The molecule has 98 valence electrons. The highest BCUT2D eigenvalue weighted by Crippen LogP contribution is 2.38. The number of carbonyl (C=O) groups is 1. The fourth-order valence-corrected chi connectivity index (χ4v) is 3.02. The van der Waals surface area contributed by atoms with E-state index in [1.165, 1.54) is 0 Å². The summed E-state index contributed by atoms with van der Waals surface area (Å²) in [5, 5.41) is 9.57. The summed E-state index contributed by atoms with van der Waals surface area (Å²) in [4.78, 5) is 26.6. The standard InChI is InChI=1S/C15H10N2O3/c18-14(19)12-8-4-1-2-7-11(8)17-13-9(12)5-3-6-10(13)16-15(17)20/h1-7,12H,(H,16,20)(H,18,19). The topological polar surface area (TPSA) is 75.1 Å². The smallest absolute Gasteiger partial charge is 0.331 e. The second-order valence-electron chi connectivity index (χ2n) is 4.84. The highest BCUT2D eigenvalue weighted by molar-refractivity contribution is 5.93. The average molecular weight is 266 g/mol. The summed E-state index contributed by atoms with van der Waals surface area (Å²) in [5.41, 5.74) is 2.99. The molecular formula is C15H10N2O3. The van der Waals surface area contributed by atoms with Crippen LogP contribution in [0.25, 0.3) is 16.7 Å². The van der Waals surface area contributed by atoms with Crippen LogP contribution in [0, 0.1) is 0 Å². The van der Waals surface area contributed by atoms with Crippen LogP contribution >= 0.6 is 0 Å². The molecule has 1 unspecified atom stereocenters. The Morgan fingerprint density at radius 1 is 1.10 bits per heavy atom. The van der Waals surface area contributed by atoms with Gasteiger partial charge in [-0.1, -0.05) is 30.3 Å². The number of nitrogens with zero attached hydrogens (tertiary/aromatic N) is 1. The Bertz CT molecular complexity index is 920. The SMILES string of the molecule is O=C(O)C1c2ccccc2-n2c(=O)[nH]c3cccc1c32. The number of hydrogen-bond donors (Lipinski definition) is 2. The first-order valence-electron chi connectivity index (χ1n) is 6.24. The Balaban J connectivity index is 2.27. The van der Waals surface area contributed by atoms with Crippen molar-refractivity contribution in [2.45, 2.75) is 5.92 Å². The molecule has 0 fully saturated rings. The predicted octanol–water partition coefficient (Wildman–Crippen LogP) is 1.85. The van der Waals surface area contributed by atoms with Gasteiger partial charge in [-0.25, -0.2) is 4.79 Å². The van der Waals surface area contributed by atoms with Gasteiger partial charge in [-0.15, -0.1) is 0 Å². The van der Waals surface area contributed by atoms with E-state index in [4.69, 9.17) is 0 Å². The van der Waals surface area contributed by atoms with Gasteiger partial charge in [-0.3, -0.25) is 9.36 Å². The molecule has 0 saturated heterocycles. The maximum atomic E-state index is 12.2. The van der Waals surface area contributed by atoms with Gasteiger partial charge in [0, 0.05) is 0 Å². The number of carboxylic acid groups (broad SMARTS) is 1. The van der Waals surface area contributed by atoms with Crippen molar-refractivity contribution >= 4 is 17.0 Å². The van der Waals surface area contributed by atoms with Crippen molar-refractivity contribution < 1.29 is 9.90 Å². The first kappa shape index (κ1) is 11.0. The molecule has 1 atom stereocenters. The third-order valence-corrected chi connectivity index (χ3v) is 3.78. The molecule has 2 heterocycles. The lowest BCUT2D eigenvalue weighted by Gasteiger charge is -2.24. The number of aromatic amines is 1. The van der Waals surface area contributed by atoms with Gasteiger partial charge in [0.15, 0.2) is 0 Å². The maximum absolute atomic E-state index is 12.2. The van der Waals surface area contributed by atoms with E-state index in [0.29, 0.717) is 27.8 Å². The normalized spacial score (nSPS) is 16.1. The van der Waals surface area contributed by atoms with Crippen LogP contribution in [0.2, 0.25) is 0 Å². The van der Waals surface area contributed by atoms with Crippen LogP contribution in [0.4, 0.5) is 0 Å². The minimum atomic E-state index is -0.912. The van der Waals surface area contributed by atoms with Crippen LogP contribution in [0.15, 0.2) is 47.3 Å². The molecule has 0 spiro atoms. The number of rotatable bonds is 1. The number of fused-ring (bicyclic) bond motifs is 2. The van der Waals surface area contributed by atoms with Crippen molar-refractivity contribution in [2.24, 2.45) is 0 Å². The fourth-order valence-electron chi connectivity index (χ4n) is 3.02. The van der Waals surface area contributed by atoms with Gasteiger partial charge in [-0.05, 0) is 23.3 Å². The molecule has 0 radical (unpaired) electrons. The van der Waals surface area contributed by atoms with Gasteiger partial charge in [0.05, 0.1) is 16.7 Å². The Morgan fingerprint density at radius 2 is 1.85 bits per heavy atom. The molecule has 3 aromatic rings. The number of H-pyrrole nitrogens is 1. The van der Waals surface area contributed by atoms with Crippen LogP contribution in [0.3, 0.4) is 0 Å². The highest BCUT2D eigenvalue weighted by Gasteiger charge is 2.33. The summed E-state index contributed by atoms with van der Waals surface area (Å²) >= 11 is 0. The summed E-state index contributed by atoms with van der Waals surface area (Å²) in [6.07, 6.45) is 0. The monoisotopic (exact) mass is 266 g/mol. The second kappa shape index (κ2) is 3.60. The number of benzene rings is 2. The van der Waals surface area contributed by atoms with Crippen LogP contribution in [-0.4, -0.2) is 20.6 Å². The molecule has 0 saturated carbocycles. The van der Waals surface area contributed by atoms with Crippen molar-refractivity contribution in [1.82, 2.24) is 9.55 Å². The van der Waals surface area contributed by atoms with E-state index < -0.39 is 11.9 Å². The molecule has 0 amide bonds. The van der Waals surface area contributed by atoms with Gasteiger partial charge in [0.2, 0.25) is 0 Å². The first-order valence-corrected chi connectivity index (χ1v) is 6.24. The number of aromatic nitrogens is 2. The lowest BCUT2D eigenvalue weighted by molar-refractivity contribution is -0.137.